The molecule has 0 aromatic carbocycles. The molecule has 6 fully saturated rings. The Bertz CT molecular complexity index is 1500. The average Bonchev–Trinajstić information content (AvgIpc) is 3.71. The van der Waals surface area contributed by atoms with Crippen LogP contribution in [0.3, 0.4) is 0 Å². The molecule has 8 rings (SSSR count). The average molecular weight is 781 g/mol. The fraction of sp³-hybridized carbons (Fsp3) is 0.873. The van der Waals surface area contributed by atoms with Crippen LogP contribution in [0.25, 0.3) is 0 Å². The summed E-state index contributed by atoms with van der Waals surface area (Å²) in [6, 6.07) is 0. The highest BCUT2D eigenvalue weighted by atomic mass is 16.5. The van der Waals surface area contributed by atoms with Crippen LogP contribution in [0.5, 0.6) is 0 Å². The van der Waals surface area contributed by atoms with Gasteiger partial charge < -0.3 is 4.74 Å². The summed E-state index contributed by atoms with van der Waals surface area (Å²) in [6.07, 6.45) is 34.8. The van der Waals surface area contributed by atoms with Crippen LogP contribution in [0, 0.1) is 105 Å². The van der Waals surface area contributed by atoms with Crippen molar-refractivity contribution in [2.75, 3.05) is 0 Å². The molecule has 320 valence electrons. The van der Waals surface area contributed by atoms with Gasteiger partial charge in [-0.15, -0.1) is 0 Å². The minimum absolute atomic E-state index is 0.0159. The minimum atomic E-state index is 0.0159. The Morgan fingerprint density at radius 1 is 0.596 bits per heavy atom. The number of allylic oxidation sites excluding steroid dienone is 3. The molecule has 0 N–H and O–H groups in total. The van der Waals surface area contributed by atoms with Gasteiger partial charge in [-0.3, -0.25) is 4.79 Å². The van der Waals surface area contributed by atoms with Crippen molar-refractivity contribution in [1.82, 2.24) is 0 Å². The standard InChI is InChI=1S/C55H88O2/c1-35(2)13-11-15-37(5)45-21-23-47-43-19-17-40-33-39(25-29-52(40,7)49(43)27-31-54(45,47)9)51(56)57-42-26-30-53(8)41(34-42)18-20-44-48-24-22-46(38(6)16-12-14-36(3)4)55(48,10)32-28-50(44)53/h17-18,35-38,43-50H,11-16,19-34H2,1-10H3/t37-,38-,43?,44?,45-,46-,47?,48?,49?,50?,52+,53+,54-,55-/m1/s1. The summed E-state index contributed by atoms with van der Waals surface area (Å²) >= 11 is 0. The summed E-state index contributed by atoms with van der Waals surface area (Å²) in [6.45, 7) is 25.4. The van der Waals surface area contributed by atoms with E-state index in [9.17, 15) is 4.79 Å². The van der Waals surface area contributed by atoms with Crippen molar-refractivity contribution in [2.45, 2.75) is 210 Å². The molecule has 0 amide bonds. The van der Waals surface area contributed by atoms with Crippen LogP contribution in [-0.4, -0.2) is 5.97 Å². The predicted octanol–water partition coefficient (Wildman–Crippen LogP) is 15.7. The largest absolute Gasteiger partial charge is 0.454 e. The maximum atomic E-state index is 14.0. The molecule has 0 aliphatic heterocycles. The summed E-state index contributed by atoms with van der Waals surface area (Å²) in [5, 5.41) is 0. The molecule has 0 aromatic heterocycles. The molecule has 0 spiro atoms. The monoisotopic (exact) mass is 781 g/mol. The van der Waals surface area contributed by atoms with Crippen molar-refractivity contribution in [1.29, 1.82) is 0 Å². The molecule has 2 nitrogen and oxygen atoms in total. The number of esters is 1. The third kappa shape index (κ3) is 7.54. The van der Waals surface area contributed by atoms with Gasteiger partial charge in [-0.1, -0.05) is 131 Å². The van der Waals surface area contributed by atoms with Crippen molar-refractivity contribution in [2.24, 2.45) is 92.7 Å². The summed E-state index contributed by atoms with van der Waals surface area (Å²) in [7, 11) is 0. The highest BCUT2D eigenvalue weighted by Crippen LogP contribution is 2.70. The van der Waals surface area contributed by atoms with E-state index < -0.39 is 0 Å². The summed E-state index contributed by atoms with van der Waals surface area (Å²) in [5.41, 5.74) is 4.81. The molecule has 0 saturated heterocycles. The first-order chi connectivity index (χ1) is 27.1. The third-order valence-electron chi connectivity index (χ3n) is 20.8. The molecule has 6 unspecified atom stereocenters. The lowest BCUT2D eigenvalue weighted by Crippen LogP contribution is -2.51. The Hall–Kier alpha value is -1.05. The fourth-order valence-electron chi connectivity index (χ4n) is 17.5. The second-order valence-corrected chi connectivity index (χ2v) is 24.5. The quantitative estimate of drug-likeness (QED) is 0.146. The number of hydrogen-bond acceptors (Lipinski definition) is 2. The molecule has 0 bridgehead atoms. The first kappa shape index (κ1) is 42.6. The predicted molar refractivity (Wildman–Crippen MR) is 239 cm³/mol. The van der Waals surface area contributed by atoms with Crippen LogP contribution in [-0.2, 0) is 9.53 Å². The van der Waals surface area contributed by atoms with E-state index in [1.807, 2.05) is 0 Å². The van der Waals surface area contributed by atoms with Crippen molar-refractivity contribution in [3.05, 3.63) is 35.3 Å². The zero-order chi connectivity index (χ0) is 40.5. The van der Waals surface area contributed by atoms with E-state index in [0.717, 1.165) is 115 Å². The van der Waals surface area contributed by atoms with Gasteiger partial charge in [-0.2, -0.15) is 0 Å². The zero-order valence-corrected chi connectivity index (χ0v) is 39.0. The first-order valence-corrected chi connectivity index (χ1v) is 25.4. The third-order valence-corrected chi connectivity index (χ3v) is 20.8. The molecule has 2 radical (unpaired) electrons. The highest BCUT2D eigenvalue weighted by Gasteiger charge is 2.61. The number of carbonyl (C=O) groups excluding carboxylic acids is 1. The lowest BCUT2D eigenvalue weighted by Gasteiger charge is -2.58. The molecule has 14 atom stereocenters. The van der Waals surface area contributed by atoms with Crippen LogP contribution in [0.15, 0.2) is 23.3 Å². The second kappa shape index (κ2) is 16.3. The Labute approximate surface area is 352 Å². The van der Waals surface area contributed by atoms with Gasteiger partial charge in [-0.25, -0.2) is 0 Å². The SMILES string of the molecule is CC(C)CCC[C@@H](C)[C@H]1CCC2C3CC=C4C[C](OC(=O)[C]5CC[C@@]6(C)C(=CCC7C6CC[C@@]6(C)C7CC[C@@H]6[C@H](C)CCCC(C)C)C5)CC[C@]4(C)C3CC[C@@]21C. The molecular formula is C55H88O2. The van der Waals surface area contributed by atoms with Gasteiger partial charge in [0.25, 0.3) is 0 Å². The van der Waals surface area contributed by atoms with E-state index >= 15 is 0 Å². The van der Waals surface area contributed by atoms with Gasteiger partial charge in [0.05, 0.1) is 5.92 Å². The number of carbonyl (C=O) groups is 1. The zero-order valence-electron chi connectivity index (χ0n) is 39.0. The van der Waals surface area contributed by atoms with Crippen molar-refractivity contribution >= 4 is 5.97 Å². The van der Waals surface area contributed by atoms with Gasteiger partial charge in [-0.05, 0) is 189 Å². The van der Waals surface area contributed by atoms with E-state index in [-0.39, 0.29) is 16.8 Å². The second-order valence-electron chi connectivity index (χ2n) is 24.5. The maximum absolute atomic E-state index is 14.0. The van der Waals surface area contributed by atoms with Crippen LogP contribution < -0.4 is 0 Å². The molecule has 0 aromatic rings. The molecular weight excluding hydrogens is 693 g/mol. The molecule has 2 heteroatoms. The Kier molecular flexibility index (Phi) is 12.2. The van der Waals surface area contributed by atoms with E-state index in [4.69, 9.17) is 4.74 Å². The number of hydrogen-bond donors (Lipinski definition) is 0. The van der Waals surface area contributed by atoms with E-state index in [2.05, 4.69) is 81.4 Å². The topological polar surface area (TPSA) is 26.3 Å². The van der Waals surface area contributed by atoms with E-state index in [1.165, 1.54) is 109 Å². The lowest BCUT2D eigenvalue weighted by atomic mass is 9.46. The highest BCUT2D eigenvalue weighted by molar-refractivity contribution is 5.86. The number of ether oxygens (including phenoxy) is 1. The lowest BCUT2D eigenvalue weighted by molar-refractivity contribution is -0.143. The van der Waals surface area contributed by atoms with Gasteiger partial charge in [0, 0.05) is 6.42 Å². The molecule has 6 saturated carbocycles. The van der Waals surface area contributed by atoms with Crippen molar-refractivity contribution in [3.8, 4) is 0 Å². The summed E-state index contributed by atoms with van der Waals surface area (Å²) in [4.78, 5) is 14.0. The fourth-order valence-corrected chi connectivity index (χ4v) is 17.5. The van der Waals surface area contributed by atoms with Crippen LogP contribution in [0.2, 0.25) is 0 Å². The minimum Gasteiger partial charge on any atom is -0.454 e. The maximum Gasteiger partial charge on any atom is 0.314 e. The number of fused-ring (bicyclic) bond motifs is 10. The summed E-state index contributed by atoms with van der Waals surface area (Å²) < 4.78 is 6.47. The van der Waals surface area contributed by atoms with Crippen LogP contribution in [0.1, 0.15) is 210 Å². The van der Waals surface area contributed by atoms with Gasteiger partial charge in [0.2, 0.25) is 0 Å². The summed E-state index contributed by atoms with van der Waals surface area (Å²) in [5.74, 6) is 11.4. The smallest absolute Gasteiger partial charge is 0.314 e. The molecule has 57 heavy (non-hydrogen) atoms. The Morgan fingerprint density at radius 3 is 1.56 bits per heavy atom. The first-order valence-electron chi connectivity index (χ1n) is 25.4. The Balaban J connectivity index is 0.863. The van der Waals surface area contributed by atoms with Gasteiger partial charge in [0.1, 0.15) is 0 Å². The molecule has 8 aliphatic carbocycles. The Morgan fingerprint density at radius 2 is 1.07 bits per heavy atom. The van der Waals surface area contributed by atoms with Gasteiger partial charge >= 0.3 is 5.97 Å². The normalized spacial score (nSPS) is 44.2. The van der Waals surface area contributed by atoms with Crippen molar-refractivity contribution in [3.63, 3.8) is 0 Å². The van der Waals surface area contributed by atoms with Crippen LogP contribution in [0.4, 0.5) is 0 Å². The molecule has 8 aliphatic rings. The molecule has 0 heterocycles. The number of rotatable bonds is 12. The van der Waals surface area contributed by atoms with E-state index in [0.29, 0.717) is 10.8 Å². The van der Waals surface area contributed by atoms with Crippen LogP contribution >= 0.6 is 0 Å². The van der Waals surface area contributed by atoms with E-state index in [1.54, 1.807) is 11.1 Å². The van der Waals surface area contributed by atoms with Gasteiger partial charge in [0.15, 0.2) is 6.10 Å². The van der Waals surface area contributed by atoms with Crippen molar-refractivity contribution < 1.29 is 9.53 Å².